The van der Waals surface area contributed by atoms with E-state index >= 15 is 0 Å². The minimum Gasteiger partial charge on any atom is -0.361 e. The van der Waals surface area contributed by atoms with Crippen molar-refractivity contribution in [3.05, 3.63) is 17.7 Å². The van der Waals surface area contributed by atoms with Gasteiger partial charge in [-0.05, 0) is 12.5 Å². The first kappa shape index (κ1) is 5.92. The van der Waals surface area contributed by atoms with Crippen molar-refractivity contribution >= 4 is 11.4 Å². The summed E-state index contributed by atoms with van der Waals surface area (Å²) in [7, 11) is 0. The average molecular weight is 121 g/mol. The second kappa shape index (κ2) is 2.37. The Morgan fingerprint density at radius 3 is 2.67 bits per heavy atom. The number of rotatable bonds is 0. The minimum atomic E-state index is 0.599. The van der Waals surface area contributed by atoms with E-state index in [9.17, 15) is 0 Å². The van der Waals surface area contributed by atoms with E-state index in [1.54, 1.807) is 12.2 Å². The summed E-state index contributed by atoms with van der Waals surface area (Å²) in [5, 5.41) is 7.13. The van der Waals surface area contributed by atoms with E-state index in [4.69, 9.17) is 10.9 Å². The molecule has 0 aromatic heterocycles. The lowest BCUT2D eigenvalue weighted by Crippen LogP contribution is -2.06. The lowest BCUT2D eigenvalue weighted by molar-refractivity contribution is -0.00622. The maximum absolute atomic E-state index is 8.24. The van der Waals surface area contributed by atoms with Crippen LogP contribution in [0.15, 0.2) is 12.2 Å². The molecule has 0 radical (unpaired) electrons. The maximum Gasteiger partial charge on any atom is 0.292 e. The van der Waals surface area contributed by atoms with Crippen molar-refractivity contribution in [3.8, 4) is 0 Å². The first-order chi connectivity index (χ1) is 4.33. The van der Waals surface area contributed by atoms with Crippen LogP contribution >= 0.6 is 0 Å². The van der Waals surface area contributed by atoms with E-state index in [1.807, 2.05) is 0 Å². The van der Waals surface area contributed by atoms with E-state index in [1.165, 1.54) is 0 Å². The van der Waals surface area contributed by atoms with Gasteiger partial charge in [-0.15, -0.1) is 0 Å². The Hall–Kier alpha value is -1.21. The summed E-state index contributed by atoms with van der Waals surface area (Å²) in [5.41, 5.74) is 9.50. The van der Waals surface area contributed by atoms with Gasteiger partial charge in [-0.3, -0.25) is 0 Å². The van der Waals surface area contributed by atoms with Crippen molar-refractivity contribution in [1.82, 2.24) is 0 Å². The molecule has 0 saturated heterocycles. The monoisotopic (exact) mass is 121 g/mol. The lowest BCUT2D eigenvalue weighted by Gasteiger charge is -1.97. The highest BCUT2D eigenvalue weighted by Gasteiger charge is 2.09. The maximum atomic E-state index is 8.24. The molecule has 1 rings (SSSR count). The molecular formula is C6H7N3. The van der Waals surface area contributed by atoms with Gasteiger partial charge in [-0.2, -0.15) is 4.79 Å². The van der Waals surface area contributed by atoms with Crippen molar-refractivity contribution < 1.29 is 4.79 Å². The van der Waals surface area contributed by atoms with Crippen LogP contribution < -0.4 is 0 Å². The van der Waals surface area contributed by atoms with Gasteiger partial charge in [-0.25, -0.2) is 0 Å². The third kappa shape index (κ3) is 1.34. The fourth-order valence-corrected chi connectivity index (χ4v) is 0.710. The third-order valence-corrected chi connectivity index (χ3v) is 1.26. The molecule has 0 aromatic carbocycles. The molecule has 0 fully saturated rings. The Morgan fingerprint density at radius 1 is 1.44 bits per heavy atom. The molecule has 0 unspecified atom stereocenters. The van der Waals surface area contributed by atoms with Gasteiger partial charge in [0, 0.05) is 11.8 Å². The molecule has 1 aliphatic rings. The van der Waals surface area contributed by atoms with E-state index in [2.05, 4.69) is 4.79 Å². The van der Waals surface area contributed by atoms with Gasteiger partial charge in [0.1, 0.15) is 0 Å². The minimum absolute atomic E-state index is 0.599. The highest BCUT2D eigenvalue weighted by molar-refractivity contribution is 6.05. The summed E-state index contributed by atoms with van der Waals surface area (Å²) < 4.78 is 0. The van der Waals surface area contributed by atoms with Gasteiger partial charge in [0.15, 0.2) is 0 Å². The van der Waals surface area contributed by atoms with Crippen LogP contribution in [-0.2, 0) is 0 Å². The van der Waals surface area contributed by atoms with Crippen LogP contribution in [0.3, 0.4) is 0 Å². The van der Waals surface area contributed by atoms with Gasteiger partial charge in [-0.1, -0.05) is 0 Å². The van der Waals surface area contributed by atoms with Crippen LogP contribution in [0.25, 0.3) is 5.53 Å². The molecule has 0 heterocycles. The fourth-order valence-electron chi connectivity index (χ4n) is 0.710. The van der Waals surface area contributed by atoms with Crippen molar-refractivity contribution in [3.63, 3.8) is 0 Å². The molecule has 3 nitrogen and oxygen atoms in total. The van der Waals surface area contributed by atoms with Gasteiger partial charge in [0.05, 0.1) is 6.42 Å². The Labute approximate surface area is 53.1 Å². The highest BCUT2D eigenvalue weighted by Crippen LogP contribution is 2.01. The zero-order chi connectivity index (χ0) is 6.69. The van der Waals surface area contributed by atoms with E-state index in [-0.39, 0.29) is 0 Å². The molecule has 0 amide bonds. The fraction of sp³-hybridized carbons (Fsp3) is 0.333. The highest BCUT2D eigenvalue weighted by atomic mass is 14.9. The standard InChI is InChI=1S/C6H7N3/c7-5-1-3-6(9-8)4-2-5/h1,3,7H,2,4H2. The molecule has 0 aliphatic heterocycles. The van der Waals surface area contributed by atoms with Crippen molar-refractivity contribution in [1.29, 1.82) is 5.41 Å². The number of hydrogen-bond donors (Lipinski definition) is 1. The number of nitrogens with zero attached hydrogens (tertiary/aromatic N) is 2. The molecule has 1 aliphatic carbocycles. The molecule has 9 heavy (non-hydrogen) atoms. The smallest absolute Gasteiger partial charge is 0.292 e. The van der Waals surface area contributed by atoms with Crippen LogP contribution in [0.5, 0.6) is 0 Å². The SMILES string of the molecule is [N-]=[N+]=C1C=CC(=N)CC1. The Morgan fingerprint density at radius 2 is 2.22 bits per heavy atom. The molecule has 0 aromatic rings. The third-order valence-electron chi connectivity index (χ3n) is 1.26. The zero-order valence-electron chi connectivity index (χ0n) is 4.96. The first-order valence-electron chi connectivity index (χ1n) is 2.79. The molecule has 1 N–H and O–H groups in total. The zero-order valence-corrected chi connectivity index (χ0v) is 4.96. The van der Waals surface area contributed by atoms with Crippen LogP contribution in [0.2, 0.25) is 0 Å². The first-order valence-corrected chi connectivity index (χ1v) is 2.79. The summed E-state index contributed by atoms with van der Waals surface area (Å²) in [4.78, 5) is 3.02. The van der Waals surface area contributed by atoms with Gasteiger partial charge in [0.25, 0.3) is 5.71 Å². The van der Waals surface area contributed by atoms with Crippen molar-refractivity contribution in [2.75, 3.05) is 0 Å². The number of nitrogens with one attached hydrogen (secondary N) is 1. The summed E-state index contributed by atoms with van der Waals surface area (Å²) in [6.07, 6.45) is 4.69. The van der Waals surface area contributed by atoms with Gasteiger partial charge >= 0.3 is 0 Å². The second-order valence-corrected chi connectivity index (χ2v) is 1.95. The Bertz CT molecular complexity index is 208. The molecule has 0 bridgehead atoms. The normalized spacial score (nSPS) is 17.8. The van der Waals surface area contributed by atoms with Crippen LogP contribution in [0, 0.1) is 5.41 Å². The predicted molar refractivity (Wildman–Crippen MR) is 34.7 cm³/mol. The number of hydrogen-bond acceptors (Lipinski definition) is 1. The van der Waals surface area contributed by atoms with E-state index in [0.29, 0.717) is 24.3 Å². The summed E-state index contributed by atoms with van der Waals surface area (Å²) in [6, 6.07) is 0. The van der Waals surface area contributed by atoms with Gasteiger partial charge in [0.2, 0.25) is 0 Å². The molecule has 0 atom stereocenters. The Balaban J connectivity index is 2.81. The largest absolute Gasteiger partial charge is 0.361 e. The van der Waals surface area contributed by atoms with Crippen molar-refractivity contribution in [2.24, 2.45) is 0 Å². The quantitative estimate of drug-likeness (QED) is 0.367. The van der Waals surface area contributed by atoms with E-state index in [0.717, 1.165) is 0 Å². The predicted octanol–water partition coefficient (Wildman–Crippen LogP) is 1.03. The van der Waals surface area contributed by atoms with Crippen molar-refractivity contribution in [2.45, 2.75) is 12.8 Å². The summed E-state index contributed by atoms with van der Waals surface area (Å²) >= 11 is 0. The summed E-state index contributed by atoms with van der Waals surface area (Å²) in [6.45, 7) is 0. The molecule has 46 valence electrons. The topological polar surface area (TPSA) is 60.3 Å². The van der Waals surface area contributed by atoms with Crippen LogP contribution in [-0.4, -0.2) is 16.2 Å². The van der Waals surface area contributed by atoms with Crippen LogP contribution in [0.4, 0.5) is 0 Å². The molecular weight excluding hydrogens is 114 g/mol. The Kier molecular flexibility index (Phi) is 1.56. The second-order valence-electron chi connectivity index (χ2n) is 1.95. The molecule has 0 spiro atoms. The summed E-state index contributed by atoms with van der Waals surface area (Å²) in [5.74, 6) is 0. The van der Waals surface area contributed by atoms with Crippen LogP contribution in [0.1, 0.15) is 12.8 Å². The lowest BCUT2D eigenvalue weighted by atomic mass is 10.0. The average Bonchev–Trinajstić information content (AvgIpc) is 1.90. The van der Waals surface area contributed by atoms with E-state index < -0.39 is 0 Å². The number of allylic oxidation sites excluding steroid dienone is 2. The molecule has 3 heteroatoms. The van der Waals surface area contributed by atoms with Gasteiger partial charge < -0.3 is 10.9 Å². The molecule has 0 saturated carbocycles.